The molecule has 230 valence electrons. The highest BCUT2D eigenvalue weighted by molar-refractivity contribution is 6.05. The SMILES string of the molecule is Cc1c(NC(=O)c2ccc(C3CC3)cc2F)cc(F)cc1-c1ncnc(N)c1OC[C@@H]1C[C@@H](C#N)CN1C(=O)OC(C)(C)C. The maximum atomic E-state index is 15.0. The number of likely N-dealkylation sites (tertiary alicyclic amines) is 1. The molecule has 3 aromatic rings. The van der Waals surface area contributed by atoms with Gasteiger partial charge in [-0.25, -0.2) is 23.5 Å². The fourth-order valence-corrected chi connectivity index (χ4v) is 5.24. The van der Waals surface area contributed by atoms with E-state index in [1.807, 2.05) is 0 Å². The molecule has 2 fully saturated rings. The summed E-state index contributed by atoms with van der Waals surface area (Å²) in [5, 5.41) is 12.1. The standard InChI is InChI=1S/C32H34F2N6O4/c1-17-24(11-21(33)12-26(17)39-30(41)23-8-7-20(10-25(23)34)19-5-6-19)27-28(29(36)38-16-37-27)43-15-22-9-18(13-35)14-40(22)31(42)44-32(2,3)4/h7-8,10-12,16,18-19,22H,5-6,9,14-15H2,1-4H3,(H,39,41)(H2,36,37,38)/t18-,22-/m0/s1. The van der Waals surface area contributed by atoms with Crippen molar-refractivity contribution in [3.63, 3.8) is 0 Å². The molecular formula is C32H34F2N6O4. The number of carbonyl (C=O) groups excluding carboxylic acids is 2. The van der Waals surface area contributed by atoms with E-state index in [0.717, 1.165) is 24.5 Å². The highest BCUT2D eigenvalue weighted by Crippen LogP contribution is 2.41. The number of anilines is 2. The van der Waals surface area contributed by atoms with Gasteiger partial charge in [-0.05, 0) is 88.3 Å². The summed E-state index contributed by atoms with van der Waals surface area (Å²) in [6.07, 6.45) is 2.98. The van der Waals surface area contributed by atoms with E-state index >= 15 is 0 Å². The van der Waals surface area contributed by atoms with Crippen LogP contribution in [0.15, 0.2) is 36.7 Å². The summed E-state index contributed by atoms with van der Waals surface area (Å²) in [7, 11) is 0. The van der Waals surface area contributed by atoms with Gasteiger partial charge in [0.25, 0.3) is 5.91 Å². The Morgan fingerprint density at radius 2 is 1.93 bits per heavy atom. The van der Waals surface area contributed by atoms with E-state index in [1.54, 1.807) is 33.8 Å². The zero-order valence-corrected chi connectivity index (χ0v) is 25.0. The highest BCUT2D eigenvalue weighted by Gasteiger charge is 2.38. The number of ether oxygens (including phenoxy) is 2. The van der Waals surface area contributed by atoms with Crippen LogP contribution in [0.2, 0.25) is 0 Å². The van der Waals surface area contributed by atoms with E-state index in [0.29, 0.717) is 17.9 Å². The molecule has 0 spiro atoms. The van der Waals surface area contributed by atoms with Gasteiger partial charge in [0.1, 0.15) is 35.9 Å². The minimum atomic E-state index is -0.730. The number of nitrogen functional groups attached to an aromatic ring is 1. The lowest BCUT2D eigenvalue weighted by atomic mass is 10.0. The monoisotopic (exact) mass is 604 g/mol. The molecule has 2 aliphatic rings. The Labute approximate surface area is 254 Å². The van der Waals surface area contributed by atoms with E-state index in [-0.39, 0.29) is 47.2 Å². The maximum Gasteiger partial charge on any atom is 0.410 e. The number of halogens is 2. The Morgan fingerprint density at radius 3 is 2.59 bits per heavy atom. The Morgan fingerprint density at radius 1 is 1.18 bits per heavy atom. The Balaban J connectivity index is 1.40. The fourth-order valence-electron chi connectivity index (χ4n) is 5.24. The molecule has 1 saturated carbocycles. The molecule has 12 heteroatoms. The quantitative estimate of drug-likeness (QED) is 0.336. The molecule has 2 aromatic carbocycles. The number of carbonyl (C=O) groups is 2. The first kappa shape index (κ1) is 30.7. The van der Waals surface area contributed by atoms with Gasteiger partial charge in [0.05, 0.1) is 23.6 Å². The second-order valence-electron chi connectivity index (χ2n) is 12.2. The lowest BCUT2D eigenvalue weighted by Gasteiger charge is -2.28. The lowest BCUT2D eigenvalue weighted by Crippen LogP contribution is -2.42. The molecule has 2 amide bonds. The molecule has 44 heavy (non-hydrogen) atoms. The van der Waals surface area contributed by atoms with Gasteiger partial charge in [0.15, 0.2) is 11.6 Å². The van der Waals surface area contributed by atoms with Crippen LogP contribution in [0.1, 0.15) is 67.4 Å². The van der Waals surface area contributed by atoms with Crippen LogP contribution in [-0.4, -0.2) is 51.7 Å². The number of benzene rings is 2. The number of rotatable bonds is 7. The second kappa shape index (κ2) is 12.1. The number of hydrogen-bond donors (Lipinski definition) is 2. The Hall–Kier alpha value is -4.79. The van der Waals surface area contributed by atoms with Crippen LogP contribution in [0.3, 0.4) is 0 Å². The number of nitrogens with two attached hydrogens (primary N) is 1. The minimum Gasteiger partial charge on any atom is -0.485 e. The smallest absolute Gasteiger partial charge is 0.410 e. The summed E-state index contributed by atoms with van der Waals surface area (Å²) in [5.74, 6) is -2.12. The predicted molar refractivity (Wildman–Crippen MR) is 159 cm³/mol. The third kappa shape index (κ3) is 6.72. The van der Waals surface area contributed by atoms with E-state index in [1.165, 1.54) is 29.4 Å². The third-order valence-corrected chi connectivity index (χ3v) is 7.64. The van der Waals surface area contributed by atoms with Gasteiger partial charge in [-0.15, -0.1) is 0 Å². The molecule has 5 rings (SSSR count). The van der Waals surface area contributed by atoms with E-state index in [9.17, 15) is 23.6 Å². The summed E-state index contributed by atoms with van der Waals surface area (Å²) >= 11 is 0. The topological polar surface area (TPSA) is 143 Å². The number of nitrogens with one attached hydrogen (secondary N) is 1. The average Bonchev–Trinajstić information content (AvgIpc) is 3.72. The second-order valence-corrected chi connectivity index (χ2v) is 12.2. The summed E-state index contributed by atoms with van der Waals surface area (Å²) in [6.45, 7) is 7.03. The Kier molecular flexibility index (Phi) is 8.41. The molecule has 1 saturated heterocycles. The molecule has 3 N–H and O–H groups in total. The van der Waals surface area contributed by atoms with Gasteiger partial charge in [-0.2, -0.15) is 5.26 Å². The number of aromatic nitrogens is 2. The predicted octanol–water partition coefficient (Wildman–Crippen LogP) is 5.97. The van der Waals surface area contributed by atoms with Crippen LogP contribution in [-0.2, 0) is 4.74 Å². The van der Waals surface area contributed by atoms with Crippen molar-refractivity contribution in [2.45, 2.75) is 64.5 Å². The summed E-state index contributed by atoms with van der Waals surface area (Å²) in [6, 6.07) is 8.59. The average molecular weight is 605 g/mol. The van der Waals surface area contributed by atoms with Crippen LogP contribution in [0, 0.1) is 35.8 Å². The Bertz CT molecular complexity index is 1650. The maximum absolute atomic E-state index is 15.0. The molecule has 2 heterocycles. The molecule has 1 aliphatic carbocycles. The summed E-state index contributed by atoms with van der Waals surface area (Å²) in [5.41, 5.74) is 7.10. The number of amides is 2. The zero-order chi connectivity index (χ0) is 31.8. The molecule has 10 nitrogen and oxygen atoms in total. The largest absolute Gasteiger partial charge is 0.485 e. The molecule has 1 aliphatic heterocycles. The number of nitriles is 1. The first-order valence-corrected chi connectivity index (χ1v) is 14.4. The van der Waals surface area contributed by atoms with Crippen molar-refractivity contribution in [3.8, 4) is 23.1 Å². The fraction of sp³-hybridized carbons (Fsp3) is 0.406. The van der Waals surface area contributed by atoms with Crippen molar-refractivity contribution in [2.24, 2.45) is 5.92 Å². The van der Waals surface area contributed by atoms with Gasteiger partial charge in [0, 0.05) is 17.8 Å². The molecular weight excluding hydrogens is 570 g/mol. The van der Waals surface area contributed by atoms with Crippen LogP contribution in [0.25, 0.3) is 11.3 Å². The van der Waals surface area contributed by atoms with Crippen molar-refractivity contribution in [2.75, 3.05) is 24.2 Å². The molecule has 2 atom stereocenters. The summed E-state index contributed by atoms with van der Waals surface area (Å²) in [4.78, 5) is 35.7. The molecule has 0 unspecified atom stereocenters. The van der Waals surface area contributed by atoms with Crippen molar-refractivity contribution in [1.29, 1.82) is 5.26 Å². The first-order chi connectivity index (χ1) is 20.8. The van der Waals surface area contributed by atoms with Crippen LogP contribution < -0.4 is 15.8 Å². The van der Waals surface area contributed by atoms with E-state index in [2.05, 4.69) is 21.4 Å². The third-order valence-electron chi connectivity index (χ3n) is 7.64. The van der Waals surface area contributed by atoms with Gasteiger partial charge in [0.2, 0.25) is 0 Å². The minimum absolute atomic E-state index is 0.0271. The van der Waals surface area contributed by atoms with Gasteiger partial charge < -0.3 is 25.4 Å². The van der Waals surface area contributed by atoms with E-state index in [4.69, 9.17) is 15.2 Å². The van der Waals surface area contributed by atoms with Crippen LogP contribution in [0.5, 0.6) is 5.75 Å². The lowest BCUT2D eigenvalue weighted by molar-refractivity contribution is 0.0185. The van der Waals surface area contributed by atoms with Crippen LogP contribution >= 0.6 is 0 Å². The van der Waals surface area contributed by atoms with Crippen molar-refractivity contribution >= 4 is 23.5 Å². The zero-order valence-electron chi connectivity index (χ0n) is 25.0. The molecule has 0 bridgehead atoms. The number of nitrogens with zero attached hydrogens (tertiary/aromatic N) is 4. The van der Waals surface area contributed by atoms with E-state index < -0.39 is 41.2 Å². The molecule has 1 aromatic heterocycles. The van der Waals surface area contributed by atoms with Crippen molar-refractivity contribution in [3.05, 3.63) is 65.0 Å². The van der Waals surface area contributed by atoms with Gasteiger partial charge in [-0.1, -0.05) is 6.07 Å². The van der Waals surface area contributed by atoms with Crippen molar-refractivity contribution < 1.29 is 27.8 Å². The van der Waals surface area contributed by atoms with Gasteiger partial charge in [-0.3, -0.25) is 4.79 Å². The normalized spacial score (nSPS) is 18.1. The van der Waals surface area contributed by atoms with Gasteiger partial charge >= 0.3 is 6.09 Å². The highest BCUT2D eigenvalue weighted by atomic mass is 19.1. The summed E-state index contributed by atoms with van der Waals surface area (Å²) < 4.78 is 41.4. The molecule has 0 radical (unpaired) electrons. The van der Waals surface area contributed by atoms with Crippen molar-refractivity contribution in [1.82, 2.24) is 14.9 Å². The first-order valence-electron chi connectivity index (χ1n) is 14.4. The van der Waals surface area contributed by atoms with Crippen LogP contribution in [0.4, 0.5) is 25.1 Å². The number of hydrogen-bond acceptors (Lipinski definition) is 8.